The summed E-state index contributed by atoms with van der Waals surface area (Å²) < 4.78 is 13.4. The Bertz CT molecular complexity index is 555. The van der Waals surface area contributed by atoms with Gasteiger partial charge in [-0.05, 0) is 31.5 Å². The molecular formula is C15H21FN4O. The van der Waals surface area contributed by atoms with Crippen LogP contribution in [0.15, 0.2) is 35.3 Å². The number of amides is 1. The van der Waals surface area contributed by atoms with Gasteiger partial charge in [-0.25, -0.2) is 9.38 Å². The molecule has 1 amide bonds. The monoisotopic (exact) mass is 292 g/mol. The molecule has 0 spiro atoms. The second kappa shape index (κ2) is 8.04. The zero-order valence-electron chi connectivity index (χ0n) is 12.4. The number of hydrogen-bond donors (Lipinski definition) is 3. The normalized spacial score (nSPS) is 11.1. The van der Waals surface area contributed by atoms with E-state index in [2.05, 4.69) is 22.2 Å². The summed E-state index contributed by atoms with van der Waals surface area (Å²) in [5.74, 6) is -0.418. The number of nitrogens with zero attached hydrogens (tertiary/aromatic N) is 1. The van der Waals surface area contributed by atoms with Crippen LogP contribution in [0.5, 0.6) is 0 Å². The van der Waals surface area contributed by atoms with Crippen molar-refractivity contribution in [2.24, 2.45) is 10.7 Å². The summed E-state index contributed by atoms with van der Waals surface area (Å²) in [6.07, 6.45) is 0. The third-order valence-electron chi connectivity index (χ3n) is 2.67. The van der Waals surface area contributed by atoms with E-state index >= 15 is 0 Å². The van der Waals surface area contributed by atoms with Gasteiger partial charge in [0.2, 0.25) is 0 Å². The quantitative estimate of drug-likeness (QED) is 0.320. The highest BCUT2D eigenvalue weighted by molar-refractivity contribution is 5.94. The first-order valence-electron chi connectivity index (χ1n) is 6.62. The molecule has 1 aromatic carbocycles. The van der Waals surface area contributed by atoms with Gasteiger partial charge in [0, 0.05) is 18.7 Å². The molecule has 0 aliphatic heterocycles. The van der Waals surface area contributed by atoms with Crippen molar-refractivity contribution in [2.75, 3.05) is 19.6 Å². The third kappa shape index (κ3) is 6.07. The number of hydrogen-bond acceptors (Lipinski definition) is 2. The average Bonchev–Trinajstić information content (AvgIpc) is 2.44. The molecule has 4 N–H and O–H groups in total. The van der Waals surface area contributed by atoms with Crippen molar-refractivity contribution in [1.82, 2.24) is 10.6 Å². The standard InChI is InChI=1S/C15H21FN4O/c1-10(2)9-20-15(17)19-7-6-18-14(21)12-5-4-11(3)13(16)8-12/h4-5,8H,1,6-7,9H2,2-3H3,(H,18,21)(H3,17,19,20). The van der Waals surface area contributed by atoms with Gasteiger partial charge in [-0.1, -0.05) is 18.2 Å². The molecule has 0 radical (unpaired) electrons. The van der Waals surface area contributed by atoms with Gasteiger partial charge in [0.15, 0.2) is 5.96 Å². The topological polar surface area (TPSA) is 79.5 Å². The first kappa shape index (κ1) is 16.7. The number of aryl methyl sites for hydroxylation is 1. The van der Waals surface area contributed by atoms with Crippen LogP contribution < -0.4 is 16.4 Å². The van der Waals surface area contributed by atoms with Crippen molar-refractivity contribution in [2.45, 2.75) is 13.8 Å². The van der Waals surface area contributed by atoms with E-state index < -0.39 is 5.82 Å². The molecule has 0 aliphatic carbocycles. The minimum atomic E-state index is -0.392. The molecule has 1 aromatic rings. The maximum absolute atomic E-state index is 13.4. The van der Waals surface area contributed by atoms with Gasteiger partial charge in [-0.15, -0.1) is 0 Å². The van der Waals surface area contributed by atoms with E-state index in [-0.39, 0.29) is 5.91 Å². The third-order valence-corrected chi connectivity index (χ3v) is 2.67. The second-order valence-corrected chi connectivity index (χ2v) is 4.81. The summed E-state index contributed by atoms with van der Waals surface area (Å²) in [6.45, 7) is 8.48. The molecule has 1 rings (SSSR count). The minimum Gasteiger partial charge on any atom is -0.370 e. The molecule has 114 valence electrons. The molecule has 0 saturated carbocycles. The molecule has 0 aromatic heterocycles. The Kier molecular flexibility index (Phi) is 6.39. The number of halogens is 1. The Labute approximate surface area is 124 Å². The summed E-state index contributed by atoms with van der Waals surface area (Å²) in [5, 5.41) is 5.53. The maximum Gasteiger partial charge on any atom is 0.251 e. The van der Waals surface area contributed by atoms with Crippen LogP contribution in [-0.4, -0.2) is 31.5 Å². The van der Waals surface area contributed by atoms with Gasteiger partial charge in [0.25, 0.3) is 5.91 Å². The number of nitrogens with one attached hydrogen (secondary N) is 2. The van der Waals surface area contributed by atoms with Crippen molar-refractivity contribution in [3.05, 3.63) is 47.3 Å². The first-order valence-corrected chi connectivity index (χ1v) is 6.62. The van der Waals surface area contributed by atoms with Crippen molar-refractivity contribution < 1.29 is 9.18 Å². The molecular weight excluding hydrogens is 271 g/mol. The lowest BCUT2D eigenvalue weighted by Gasteiger charge is -2.08. The summed E-state index contributed by atoms with van der Waals surface area (Å²) in [6, 6.07) is 4.38. The van der Waals surface area contributed by atoms with Crippen LogP contribution in [0, 0.1) is 12.7 Å². The smallest absolute Gasteiger partial charge is 0.251 e. The molecule has 0 atom stereocenters. The number of benzene rings is 1. The Morgan fingerprint density at radius 3 is 2.67 bits per heavy atom. The van der Waals surface area contributed by atoms with Crippen LogP contribution in [0.2, 0.25) is 0 Å². The van der Waals surface area contributed by atoms with Crippen LogP contribution in [-0.2, 0) is 0 Å². The largest absolute Gasteiger partial charge is 0.370 e. The Balaban J connectivity index is 2.35. The van der Waals surface area contributed by atoms with Gasteiger partial charge < -0.3 is 16.4 Å². The minimum absolute atomic E-state index is 0.294. The lowest BCUT2D eigenvalue weighted by atomic mass is 10.1. The zero-order valence-corrected chi connectivity index (χ0v) is 12.4. The van der Waals surface area contributed by atoms with Crippen molar-refractivity contribution in [3.8, 4) is 0 Å². The lowest BCUT2D eigenvalue weighted by molar-refractivity contribution is 0.0954. The predicted octanol–water partition coefficient (Wildman–Crippen LogP) is 1.34. The van der Waals surface area contributed by atoms with E-state index in [9.17, 15) is 9.18 Å². The number of nitrogens with two attached hydrogens (primary N) is 1. The molecule has 0 heterocycles. The van der Waals surface area contributed by atoms with Gasteiger partial charge in [0.1, 0.15) is 5.82 Å². The first-order chi connectivity index (χ1) is 9.90. The molecule has 0 fully saturated rings. The van der Waals surface area contributed by atoms with Crippen LogP contribution in [0.3, 0.4) is 0 Å². The highest BCUT2D eigenvalue weighted by Gasteiger charge is 2.07. The Morgan fingerprint density at radius 1 is 1.38 bits per heavy atom. The number of carbonyl (C=O) groups excluding carboxylic acids is 1. The summed E-state index contributed by atoms with van der Waals surface area (Å²) in [4.78, 5) is 15.8. The lowest BCUT2D eigenvalue weighted by Crippen LogP contribution is -2.38. The van der Waals surface area contributed by atoms with E-state index in [1.54, 1.807) is 19.1 Å². The molecule has 0 unspecified atom stereocenters. The van der Waals surface area contributed by atoms with E-state index in [0.717, 1.165) is 5.57 Å². The SMILES string of the molecule is C=C(C)CN=C(N)NCCNC(=O)c1ccc(C)c(F)c1. The molecule has 5 nitrogen and oxygen atoms in total. The second-order valence-electron chi connectivity index (χ2n) is 4.81. The van der Waals surface area contributed by atoms with E-state index in [1.807, 2.05) is 6.92 Å². The summed E-state index contributed by atoms with van der Waals surface area (Å²) >= 11 is 0. The zero-order chi connectivity index (χ0) is 15.8. The molecule has 6 heteroatoms. The summed E-state index contributed by atoms with van der Waals surface area (Å²) in [7, 11) is 0. The predicted molar refractivity (Wildman–Crippen MR) is 82.8 cm³/mol. The van der Waals surface area contributed by atoms with Crippen LogP contribution in [0.4, 0.5) is 4.39 Å². The Morgan fingerprint density at radius 2 is 2.05 bits per heavy atom. The van der Waals surface area contributed by atoms with Crippen LogP contribution in [0.25, 0.3) is 0 Å². The average molecular weight is 292 g/mol. The van der Waals surface area contributed by atoms with Gasteiger partial charge >= 0.3 is 0 Å². The van der Waals surface area contributed by atoms with Crippen molar-refractivity contribution >= 4 is 11.9 Å². The summed E-state index contributed by atoms with van der Waals surface area (Å²) in [5.41, 5.74) is 7.34. The van der Waals surface area contributed by atoms with E-state index in [4.69, 9.17) is 5.73 Å². The molecule has 0 saturated heterocycles. The van der Waals surface area contributed by atoms with Gasteiger partial charge in [0.05, 0.1) is 6.54 Å². The number of carbonyl (C=O) groups is 1. The van der Waals surface area contributed by atoms with Crippen LogP contribution in [0.1, 0.15) is 22.8 Å². The fraction of sp³-hybridized carbons (Fsp3) is 0.333. The molecule has 0 aliphatic rings. The van der Waals surface area contributed by atoms with Crippen LogP contribution >= 0.6 is 0 Å². The number of guanidine groups is 1. The van der Waals surface area contributed by atoms with E-state index in [0.29, 0.717) is 36.7 Å². The Hall–Kier alpha value is -2.37. The van der Waals surface area contributed by atoms with E-state index in [1.165, 1.54) is 6.07 Å². The number of rotatable bonds is 6. The maximum atomic E-state index is 13.4. The fourth-order valence-electron chi connectivity index (χ4n) is 1.48. The molecule has 0 bridgehead atoms. The fourth-order valence-corrected chi connectivity index (χ4v) is 1.48. The van der Waals surface area contributed by atoms with Crippen molar-refractivity contribution in [1.29, 1.82) is 0 Å². The number of aliphatic imine (C=N–C) groups is 1. The highest BCUT2D eigenvalue weighted by atomic mass is 19.1. The molecule has 21 heavy (non-hydrogen) atoms. The van der Waals surface area contributed by atoms with Gasteiger partial charge in [-0.3, -0.25) is 4.79 Å². The van der Waals surface area contributed by atoms with Gasteiger partial charge in [-0.2, -0.15) is 0 Å². The highest BCUT2D eigenvalue weighted by Crippen LogP contribution is 2.08. The van der Waals surface area contributed by atoms with Crippen molar-refractivity contribution in [3.63, 3.8) is 0 Å².